The minimum Gasteiger partial charge on any atom is -0.338 e. The highest BCUT2D eigenvalue weighted by atomic mass is 16.2. The largest absolute Gasteiger partial charge is 0.338 e. The number of benzene rings is 1. The van der Waals surface area contributed by atoms with Gasteiger partial charge in [0.25, 0.3) is 5.91 Å². The number of fused-ring (bicyclic) bond motifs is 1. The monoisotopic (exact) mass is 272 g/mol. The Kier molecular flexibility index (Phi) is 3.79. The van der Waals surface area contributed by atoms with Crippen LogP contribution < -0.4 is 5.73 Å². The maximum Gasteiger partial charge on any atom is 0.253 e. The van der Waals surface area contributed by atoms with Crippen molar-refractivity contribution in [3.05, 3.63) is 34.9 Å². The third kappa shape index (κ3) is 2.47. The van der Waals surface area contributed by atoms with E-state index in [2.05, 4.69) is 19.1 Å². The molecule has 3 rings (SSSR count). The van der Waals surface area contributed by atoms with Crippen LogP contribution in [0, 0.1) is 11.8 Å². The van der Waals surface area contributed by atoms with Gasteiger partial charge in [-0.05, 0) is 67.3 Å². The molecule has 1 aliphatic carbocycles. The van der Waals surface area contributed by atoms with Crippen LogP contribution in [0.5, 0.6) is 0 Å². The molecule has 3 nitrogen and oxygen atoms in total. The molecule has 1 aromatic rings. The molecule has 2 unspecified atom stereocenters. The molecule has 1 heterocycles. The van der Waals surface area contributed by atoms with Crippen molar-refractivity contribution < 1.29 is 4.79 Å². The van der Waals surface area contributed by atoms with Crippen LogP contribution in [0.15, 0.2) is 18.2 Å². The van der Waals surface area contributed by atoms with Crippen molar-refractivity contribution in [2.24, 2.45) is 17.6 Å². The molecule has 2 atom stereocenters. The molecule has 1 amide bonds. The van der Waals surface area contributed by atoms with Crippen molar-refractivity contribution >= 4 is 5.91 Å². The zero-order valence-corrected chi connectivity index (χ0v) is 12.3. The molecule has 3 heteroatoms. The van der Waals surface area contributed by atoms with Gasteiger partial charge in [-0.1, -0.05) is 13.0 Å². The number of rotatable bonds is 2. The summed E-state index contributed by atoms with van der Waals surface area (Å²) in [6.07, 6.45) is 4.58. The minimum atomic E-state index is 0.185. The number of carbonyl (C=O) groups excluding carboxylic acids is 1. The molecule has 0 saturated carbocycles. The topological polar surface area (TPSA) is 46.3 Å². The highest BCUT2D eigenvalue weighted by molar-refractivity contribution is 5.94. The second-order valence-corrected chi connectivity index (χ2v) is 6.35. The van der Waals surface area contributed by atoms with Gasteiger partial charge in [0.15, 0.2) is 0 Å². The Hall–Kier alpha value is -1.35. The number of aryl methyl sites for hydroxylation is 2. The fourth-order valence-corrected chi connectivity index (χ4v) is 3.53. The molecule has 1 saturated heterocycles. The highest BCUT2D eigenvalue weighted by Gasteiger charge is 2.28. The van der Waals surface area contributed by atoms with Crippen LogP contribution in [-0.2, 0) is 12.8 Å². The molecule has 2 aliphatic rings. The van der Waals surface area contributed by atoms with Crippen molar-refractivity contribution in [1.82, 2.24) is 4.90 Å². The van der Waals surface area contributed by atoms with Crippen LogP contribution in [0.4, 0.5) is 0 Å². The summed E-state index contributed by atoms with van der Waals surface area (Å²) in [4.78, 5) is 14.6. The quantitative estimate of drug-likeness (QED) is 0.897. The van der Waals surface area contributed by atoms with Crippen molar-refractivity contribution in [3.8, 4) is 0 Å². The number of hydrogen-bond donors (Lipinski definition) is 1. The Labute approximate surface area is 121 Å². The molecule has 2 N–H and O–H groups in total. The molecular formula is C17H24N2O. The van der Waals surface area contributed by atoms with Crippen molar-refractivity contribution in [3.63, 3.8) is 0 Å². The smallest absolute Gasteiger partial charge is 0.253 e. The molecule has 20 heavy (non-hydrogen) atoms. The third-order valence-electron chi connectivity index (χ3n) is 5.05. The van der Waals surface area contributed by atoms with Crippen LogP contribution >= 0.6 is 0 Å². The summed E-state index contributed by atoms with van der Waals surface area (Å²) >= 11 is 0. The molecule has 0 radical (unpaired) electrons. The third-order valence-corrected chi connectivity index (χ3v) is 5.05. The average molecular weight is 272 g/mol. The zero-order valence-electron chi connectivity index (χ0n) is 12.3. The van der Waals surface area contributed by atoms with Gasteiger partial charge in [0.2, 0.25) is 0 Å². The number of piperidine rings is 1. The number of carbonyl (C=O) groups is 1. The molecule has 108 valence electrons. The first-order valence-electron chi connectivity index (χ1n) is 7.80. The number of hydrogen-bond acceptors (Lipinski definition) is 2. The summed E-state index contributed by atoms with van der Waals surface area (Å²) in [5, 5.41) is 0. The van der Waals surface area contributed by atoms with Crippen LogP contribution in [-0.4, -0.2) is 30.4 Å². The van der Waals surface area contributed by atoms with Crippen LogP contribution in [0.2, 0.25) is 0 Å². The predicted molar refractivity (Wildman–Crippen MR) is 80.7 cm³/mol. The number of amides is 1. The molecule has 1 aliphatic heterocycles. The van der Waals surface area contributed by atoms with E-state index in [0.717, 1.165) is 31.5 Å². The normalized spacial score (nSPS) is 25.6. The van der Waals surface area contributed by atoms with E-state index in [9.17, 15) is 4.79 Å². The first-order chi connectivity index (χ1) is 9.69. The fourth-order valence-electron chi connectivity index (χ4n) is 3.53. The first kappa shape index (κ1) is 13.6. The van der Waals surface area contributed by atoms with Gasteiger partial charge >= 0.3 is 0 Å². The molecule has 1 fully saturated rings. The summed E-state index contributed by atoms with van der Waals surface area (Å²) in [6.45, 7) is 4.60. The van der Waals surface area contributed by atoms with Crippen LogP contribution in [0.3, 0.4) is 0 Å². The van der Waals surface area contributed by atoms with E-state index in [0.29, 0.717) is 18.4 Å². The minimum absolute atomic E-state index is 0.185. The van der Waals surface area contributed by atoms with Gasteiger partial charge in [0.05, 0.1) is 0 Å². The second kappa shape index (κ2) is 5.57. The van der Waals surface area contributed by atoms with Crippen LogP contribution in [0.1, 0.15) is 41.3 Å². The Bertz CT molecular complexity index is 512. The van der Waals surface area contributed by atoms with Gasteiger partial charge < -0.3 is 10.6 Å². The lowest BCUT2D eigenvalue weighted by molar-refractivity contribution is 0.0618. The van der Waals surface area contributed by atoms with Crippen molar-refractivity contribution in [2.45, 2.75) is 32.6 Å². The van der Waals surface area contributed by atoms with Gasteiger partial charge in [-0.3, -0.25) is 4.79 Å². The highest BCUT2D eigenvalue weighted by Crippen LogP contribution is 2.26. The Balaban J connectivity index is 1.75. The number of nitrogens with zero attached hydrogens (tertiary/aromatic N) is 1. The zero-order chi connectivity index (χ0) is 14.1. The summed E-state index contributed by atoms with van der Waals surface area (Å²) in [6, 6.07) is 6.25. The van der Waals surface area contributed by atoms with Gasteiger partial charge in [0, 0.05) is 18.7 Å². The van der Waals surface area contributed by atoms with E-state index in [1.807, 2.05) is 11.0 Å². The van der Waals surface area contributed by atoms with Crippen LogP contribution in [0.25, 0.3) is 0 Å². The van der Waals surface area contributed by atoms with Gasteiger partial charge in [-0.2, -0.15) is 0 Å². The van der Waals surface area contributed by atoms with Crippen molar-refractivity contribution in [1.29, 1.82) is 0 Å². The standard InChI is InChI=1S/C17H24N2O/c1-12-7-8-19(11-16(12)10-18)17(20)15-6-5-13-3-2-4-14(13)9-15/h5-6,9,12,16H,2-4,7-8,10-11,18H2,1H3. The maximum absolute atomic E-state index is 12.7. The van der Waals surface area contributed by atoms with E-state index in [1.54, 1.807) is 0 Å². The molecular weight excluding hydrogens is 248 g/mol. The lowest BCUT2D eigenvalue weighted by atomic mass is 9.87. The number of likely N-dealkylation sites (tertiary alicyclic amines) is 1. The summed E-state index contributed by atoms with van der Waals surface area (Å²) in [5.41, 5.74) is 9.48. The molecule has 0 spiro atoms. The lowest BCUT2D eigenvalue weighted by Crippen LogP contribution is -2.45. The summed E-state index contributed by atoms with van der Waals surface area (Å²) in [7, 11) is 0. The number of nitrogens with two attached hydrogens (primary N) is 1. The van der Waals surface area contributed by atoms with Crippen molar-refractivity contribution in [2.75, 3.05) is 19.6 Å². The second-order valence-electron chi connectivity index (χ2n) is 6.35. The Morgan fingerprint density at radius 1 is 1.35 bits per heavy atom. The molecule has 0 bridgehead atoms. The van der Waals surface area contributed by atoms with E-state index in [4.69, 9.17) is 5.73 Å². The van der Waals surface area contributed by atoms with E-state index in [1.165, 1.54) is 24.0 Å². The Morgan fingerprint density at radius 2 is 2.15 bits per heavy atom. The maximum atomic E-state index is 12.7. The van der Waals surface area contributed by atoms with Gasteiger partial charge in [-0.15, -0.1) is 0 Å². The SMILES string of the molecule is CC1CCN(C(=O)c2ccc3c(c2)CCC3)CC1CN. The van der Waals surface area contributed by atoms with Gasteiger partial charge in [0.1, 0.15) is 0 Å². The van der Waals surface area contributed by atoms with E-state index in [-0.39, 0.29) is 5.91 Å². The predicted octanol–water partition coefficient (Wildman–Crippen LogP) is 2.23. The summed E-state index contributed by atoms with van der Waals surface area (Å²) < 4.78 is 0. The lowest BCUT2D eigenvalue weighted by Gasteiger charge is -2.36. The van der Waals surface area contributed by atoms with Gasteiger partial charge in [-0.25, -0.2) is 0 Å². The fraction of sp³-hybridized carbons (Fsp3) is 0.588. The van der Waals surface area contributed by atoms with E-state index >= 15 is 0 Å². The molecule has 1 aromatic carbocycles. The van der Waals surface area contributed by atoms with E-state index < -0.39 is 0 Å². The average Bonchev–Trinajstić information content (AvgIpc) is 2.94. The first-order valence-corrected chi connectivity index (χ1v) is 7.80. The molecule has 0 aromatic heterocycles. The Morgan fingerprint density at radius 3 is 2.95 bits per heavy atom. The summed E-state index contributed by atoms with van der Waals surface area (Å²) in [5.74, 6) is 1.26.